The van der Waals surface area contributed by atoms with Crippen LogP contribution in [0.15, 0.2) is 12.1 Å². The molecular weight excluding hydrogens is 301 g/mol. The van der Waals surface area contributed by atoms with Crippen LogP contribution in [0.1, 0.15) is 34.8 Å². The molecule has 0 unspecified atom stereocenters. The van der Waals surface area contributed by atoms with Gasteiger partial charge in [0.25, 0.3) is 6.43 Å². The summed E-state index contributed by atoms with van der Waals surface area (Å²) in [6.45, 7) is 1.18. The number of alkyl halides is 5. The van der Waals surface area contributed by atoms with Crippen molar-refractivity contribution in [2.75, 3.05) is 6.61 Å². The lowest BCUT2D eigenvalue weighted by Gasteiger charge is -2.15. The lowest BCUT2D eigenvalue weighted by atomic mass is 10.0. The van der Waals surface area contributed by atoms with Crippen LogP contribution in [0.2, 0.25) is 0 Å². The van der Waals surface area contributed by atoms with E-state index in [0.717, 1.165) is 0 Å². The zero-order valence-corrected chi connectivity index (χ0v) is 10.5. The van der Waals surface area contributed by atoms with Crippen LogP contribution in [0.5, 0.6) is 5.75 Å². The minimum atomic E-state index is -5.14. The first-order valence-corrected chi connectivity index (χ1v) is 5.49. The monoisotopic (exact) mass is 309 g/mol. The van der Waals surface area contributed by atoms with Gasteiger partial charge in [-0.25, -0.2) is 13.6 Å². The number of nitrogens with zero attached hydrogens (tertiary/aromatic N) is 1. The van der Waals surface area contributed by atoms with E-state index >= 15 is 0 Å². The third kappa shape index (κ3) is 4.05. The van der Waals surface area contributed by atoms with Gasteiger partial charge >= 0.3 is 12.3 Å². The van der Waals surface area contributed by atoms with Gasteiger partial charge in [-0.3, -0.25) is 0 Å². The quantitative estimate of drug-likeness (QED) is 0.630. The van der Waals surface area contributed by atoms with Crippen LogP contribution in [0.4, 0.5) is 22.0 Å². The maximum absolute atomic E-state index is 12.8. The maximum Gasteiger partial charge on any atom is 0.573 e. The molecule has 1 aromatic rings. The van der Waals surface area contributed by atoms with Gasteiger partial charge in [-0.2, -0.15) is 5.26 Å². The summed E-state index contributed by atoms with van der Waals surface area (Å²) in [6, 6.07) is 2.40. The number of halogens is 5. The second kappa shape index (κ2) is 6.39. The van der Waals surface area contributed by atoms with Crippen molar-refractivity contribution in [1.82, 2.24) is 0 Å². The molecule has 0 fully saturated rings. The number of carbonyl (C=O) groups excluding carboxylic acids is 1. The molecule has 0 aliphatic rings. The van der Waals surface area contributed by atoms with Crippen molar-refractivity contribution < 1.29 is 36.2 Å². The molecule has 0 aliphatic heterocycles. The van der Waals surface area contributed by atoms with E-state index in [1.165, 1.54) is 13.0 Å². The first kappa shape index (κ1) is 16.7. The topological polar surface area (TPSA) is 59.3 Å². The number of benzene rings is 1. The molecule has 0 atom stereocenters. The molecule has 0 N–H and O–H groups in total. The van der Waals surface area contributed by atoms with E-state index in [2.05, 4.69) is 9.47 Å². The van der Waals surface area contributed by atoms with E-state index in [9.17, 15) is 26.7 Å². The molecule has 0 radical (unpaired) electrons. The third-order valence-electron chi connectivity index (χ3n) is 2.25. The number of nitriles is 1. The first-order chi connectivity index (χ1) is 9.71. The summed E-state index contributed by atoms with van der Waals surface area (Å²) >= 11 is 0. The van der Waals surface area contributed by atoms with Gasteiger partial charge in [-0.1, -0.05) is 0 Å². The summed E-state index contributed by atoms with van der Waals surface area (Å²) in [5.41, 5.74) is -2.79. The molecule has 21 heavy (non-hydrogen) atoms. The van der Waals surface area contributed by atoms with E-state index in [1.807, 2.05) is 0 Å². The fourth-order valence-electron chi connectivity index (χ4n) is 1.53. The van der Waals surface area contributed by atoms with Crippen molar-refractivity contribution in [2.24, 2.45) is 0 Å². The highest BCUT2D eigenvalue weighted by Gasteiger charge is 2.34. The Morgan fingerprint density at radius 2 is 2.00 bits per heavy atom. The first-order valence-electron chi connectivity index (χ1n) is 5.49. The Morgan fingerprint density at radius 3 is 2.43 bits per heavy atom. The van der Waals surface area contributed by atoms with Crippen LogP contribution in [-0.2, 0) is 4.74 Å². The smallest absolute Gasteiger partial charge is 0.462 e. The van der Waals surface area contributed by atoms with E-state index < -0.39 is 41.2 Å². The zero-order chi connectivity index (χ0) is 16.2. The van der Waals surface area contributed by atoms with Gasteiger partial charge < -0.3 is 9.47 Å². The van der Waals surface area contributed by atoms with Gasteiger partial charge in [0.1, 0.15) is 17.4 Å². The summed E-state index contributed by atoms with van der Waals surface area (Å²) in [4.78, 5) is 11.6. The predicted octanol–water partition coefficient (Wildman–Crippen LogP) is 3.57. The van der Waals surface area contributed by atoms with Crippen LogP contribution < -0.4 is 4.74 Å². The third-order valence-corrected chi connectivity index (χ3v) is 2.25. The molecule has 9 heteroatoms. The van der Waals surface area contributed by atoms with E-state index in [0.29, 0.717) is 12.1 Å². The fraction of sp³-hybridized carbons (Fsp3) is 0.333. The SMILES string of the molecule is CCOC(=O)c1c(C(F)F)ccc(OC(F)(F)F)c1C#N. The van der Waals surface area contributed by atoms with Gasteiger partial charge in [0, 0.05) is 5.56 Å². The minimum Gasteiger partial charge on any atom is -0.462 e. The summed E-state index contributed by atoms with van der Waals surface area (Å²) in [6.07, 6.45) is -8.31. The molecule has 1 rings (SSSR count). The second-order valence-corrected chi connectivity index (χ2v) is 3.58. The number of esters is 1. The van der Waals surface area contributed by atoms with Crippen molar-refractivity contribution >= 4 is 5.97 Å². The van der Waals surface area contributed by atoms with Crippen molar-refractivity contribution in [1.29, 1.82) is 5.26 Å². The highest BCUT2D eigenvalue weighted by atomic mass is 19.4. The average molecular weight is 309 g/mol. The van der Waals surface area contributed by atoms with Gasteiger partial charge in [-0.15, -0.1) is 13.2 Å². The Balaban J connectivity index is 3.50. The number of hydrogen-bond acceptors (Lipinski definition) is 4. The summed E-state index contributed by atoms with van der Waals surface area (Å²) in [5.74, 6) is -2.37. The molecule has 0 saturated carbocycles. The number of hydrogen-bond donors (Lipinski definition) is 0. The van der Waals surface area contributed by atoms with Crippen molar-refractivity contribution in [3.8, 4) is 11.8 Å². The summed E-state index contributed by atoms with van der Waals surface area (Å²) in [7, 11) is 0. The van der Waals surface area contributed by atoms with Gasteiger partial charge in [0.05, 0.1) is 12.2 Å². The molecule has 0 aromatic heterocycles. The molecule has 0 bridgehead atoms. The highest BCUT2D eigenvalue weighted by Crippen LogP contribution is 2.34. The van der Waals surface area contributed by atoms with E-state index in [1.54, 1.807) is 0 Å². The molecule has 0 spiro atoms. The molecule has 0 heterocycles. The second-order valence-electron chi connectivity index (χ2n) is 3.58. The molecular formula is C12H8F5NO3. The summed E-state index contributed by atoms with van der Waals surface area (Å²) < 4.78 is 70.3. The van der Waals surface area contributed by atoms with Crippen molar-refractivity contribution in [2.45, 2.75) is 19.7 Å². The Morgan fingerprint density at radius 1 is 1.38 bits per heavy atom. The van der Waals surface area contributed by atoms with Gasteiger partial charge in [0.15, 0.2) is 0 Å². The predicted molar refractivity (Wildman–Crippen MR) is 58.8 cm³/mol. The number of ether oxygens (including phenoxy) is 2. The van der Waals surface area contributed by atoms with Crippen LogP contribution in [0.3, 0.4) is 0 Å². The number of carbonyl (C=O) groups is 1. The maximum atomic E-state index is 12.8. The molecule has 0 amide bonds. The van der Waals surface area contributed by atoms with Gasteiger partial charge in [0.2, 0.25) is 0 Å². The normalized spacial score (nSPS) is 11.1. The van der Waals surface area contributed by atoms with Crippen molar-refractivity contribution in [3.05, 3.63) is 28.8 Å². The van der Waals surface area contributed by atoms with Crippen LogP contribution in [0, 0.1) is 11.3 Å². The molecule has 0 saturated heterocycles. The Hall–Kier alpha value is -2.37. The minimum absolute atomic E-state index is 0.198. The van der Waals surface area contributed by atoms with E-state index in [-0.39, 0.29) is 6.61 Å². The molecule has 1 aromatic carbocycles. The van der Waals surface area contributed by atoms with Crippen LogP contribution in [-0.4, -0.2) is 18.9 Å². The fourth-order valence-corrected chi connectivity index (χ4v) is 1.53. The average Bonchev–Trinajstić information content (AvgIpc) is 2.36. The summed E-state index contributed by atoms with van der Waals surface area (Å²) in [5, 5.41) is 8.87. The van der Waals surface area contributed by atoms with Crippen LogP contribution in [0.25, 0.3) is 0 Å². The zero-order valence-electron chi connectivity index (χ0n) is 10.5. The van der Waals surface area contributed by atoms with Crippen molar-refractivity contribution in [3.63, 3.8) is 0 Å². The standard InChI is InChI=1S/C12H8F5NO3/c1-2-20-11(19)9-6(10(13)14)3-4-8(7(9)5-18)21-12(15,16)17/h3-4,10H,2H2,1H3. The van der Waals surface area contributed by atoms with Crippen LogP contribution >= 0.6 is 0 Å². The highest BCUT2D eigenvalue weighted by molar-refractivity contribution is 5.95. The largest absolute Gasteiger partial charge is 0.573 e. The number of rotatable bonds is 4. The van der Waals surface area contributed by atoms with E-state index in [4.69, 9.17) is 5.26 Å². The lowest BCUT2D eigenvalue weighted by Crippen LogP contribution is -2.19. The Bertz CT molecular complexity index is 577. The molecule has 114 valence electrons. The lowest BCUT2D eigenvalue weighted by molar-refractivity contribution is -0.274. The molecule has 4 nitrogen and oxygen atoms in total. The molecule has 0 aliphatic carbocycles. The Labute approximate surface area is 115 Å². The van der Waals surface area contributed by atoms with Gasteiger partial charge in [-0.05, 0) is 19.1 Å². The Kier molecular flexibility index (Phi) is 5.07.